The summed E-state index contributed by atoms with van der Waals surface area (Å²) in [7, 11) is 0. The molecule has 0 atom stereocenters. The fraction of sp³-hybridized carbons (Fsp3) is 0.500. The van der Waals surface area contributed by atoms with Gasteiger partial charge in [-0.3, -0.25) is 0 Å². The number of nitrogens with zero attached hydrogens (tertiary/aromatic N) is 2. The summed E-state index contributed by atoms with van der Waals surface area (Å²) in [6.07, 6.45) is 0. The molecule has 0 saturated heterocycles. The van der Waals surface area contributed by atoms with E-state index in [-0.39, 0.29) is 0 Å². The molecule has 6 heteroatoms. The van der Waals surface area contributed by atoms with Crippen LogP contribution in [0.5, 0.6) is 0 Å². The zero-order valence-corrected chi connectivity index (χ0v) is 7.55. The third-order valence-electron chi connectivity index (χ3n) is 1.31. The Morgan fingerprint density at radius 2 is 2.42 bits per heavy atom. The van der Waals surface area contributed by atoms with E-state index < -0.39 is 11.5 Å². The van der Waals surface area contributed by atoms with E-state index >= 15 is 0 Å². The first-order chi connectivity index (χ1) is 5.52. The van der Waals surface area contributed by atoms with Gasteiger partial charge in [0.2, 0.25) is 5.13 Å². The molecule has 0 aromatic carbocycles. The second kappa shape index (κ2) is 3.06. The van der Waals surface area contributed by atoms with Crippen LogP contribution in [-0.4, -0.2) is 26.8 Å². The smallest absolute Gasteiger partial charge is 0.328 e. The fourth-order valence-corrected chi connectivity index (χ4v) is 1.15. The van der Waals surface area contributed by atoms with Gasteiger partial charge in [-0.25, -0.2) is 4.79 Å². The van der Waals surface area contributed by atoms with Crippen LogP contribution in [0, 0.1) is 0 Å². The Hall–Kier alpha value is -1.17. The molecule has 1 aromatic heterocycles. The highest BCUT2D eigenvalue weighted by Gasteiger charge is 2.27. The molecular weight excluding hydrogens is 178 g/mol. The first kappa shape index (κ1) is 8.92. The third kappa shape index (κ3) is 1.91. The molecule has 66 valence electrons. The number of aromatic nitrogens is 2. The van der Waals surface area contributed by atoms with Gasteiger partial charge in [0.25, 0.3) is 0 Å². The lowest BCUT2D eigenvalue weighted by molar-refractivity contribution is -0.141. The third-order valence-corrected chi connectivity index (χ3v) is 1.92. The molecule has 0 bridgehead atoms. The van der Waals surface area contributed by atoms with Gasteiger partial charge in [0.05, 0.1) is 0 Å². The van der Waals surface area contributed by atoms with E-state index in [2.05, 4.69) is 15.5 Å². The van der Waals surface area contributed by atoms with Crippen molar-refractivity contribution in [3.8, 4) is 0 Å². The summed E-state index contributed by atoms with van der Waals surface area (Å²) in [4.78, 5) is 10.6. The highest BCUT2D eigenvalue weighted by molar-refractivity contribution is 7.13. The number of hydrogen-bond donors (Lipinski definition) is 2. The maximum absolute atomic E-state index is 10.6. The molecular formula is C6H9N3O2S. The van der Waals surface area contributed by atoms with Gasteiger partial charge >= 0.3 is 5.97 Å². The molecule has 1 aromatic rings. The molecule has 0 saturated carbocycles. The predicted octanol–water partition coefficient (Wildman–Crippen LogP) is 0.813. The molecule has 0 amide bonds. The van der Waals surface area contributed by atoms with Crippen molar-refractivity contribution in [2.24, 2.45) is 0 Å². The normalized spacial score (nSPS) is 11.2. The van der Waals surface area contributed by atoms with Crippen molar-refractivity contribution in [3.63, 3.8) is 0 Å². The Morgan fingerprint density at radius 3 is 2.83 bits per heavy atom. The van der Waals surface area contributed by atoms with E-state index in [1.54, 1.807) is 19.4 Å². The Morgan fingerprint density at radius 1 is 1.75 bits per heavy atom. The number of carbonyl (C=O) groups is 1. The first-order valence-electron chi connectivity index (χ1n) is 3.30. The van der Waals surface area contributed by atoms with Gasteiger partial charge in [-0.15, -0.1) is 10.2 Å². The summed E-state index contributed by atoms with van der Waals surface area (Å²) < 4.78 is 0. The SMILES string of the molecule is CC(C)(Nc1nncs1)C(=O)O. The molecule has 12 heavy (non-hydrogen) atoms. The average molecular weight is 187 g/mol. The van der Waals surface area contributed by atoms with Crippen molar-refractivity contribution in [3.05, 3.63) is 5.51 Å². The Labute approximate surface area is 73.4 Å². The van der Waals surface area contributed by atoms with Crippen molar-refractivity contribution in [2.75, 3.05) is 5.32 Å². The summed E-state index contributed by atoms with van der Waals surface area (Å²) in [5, 5.41) is 19.2. The van der Waals surface area contributed by atoms with E-state index in [1.165, 1.54) is 11.3 Å². The molecule has 0 aliphatic carbocycles. The highest BCUT2D eigenvalue weighted by Crippen LogP contribution is 2.15. The summed E-state index contributed by atoms with van der Waals surface area (Å²) in [6.45, 7) is 3.13. The van der Waals surface area contributed by atoms with E-state index in [0.29, 0.717) is 5.13 Å². The van der Waals surface area contributed by atoms with Crippen LogP contribution >= 0.6 is 11.3 Å². The Balaban J connectivity index is 2.69. The van der Waals surface area contributed by atoms with Gasteiger partial charge in [-0.05, 0) is 13.8 Å². The lowest BCUT2D eigenvalue weighted by Crippen LogP contribution is -2.39. The largest absolute Gasteiger partial charge is 0.480 e. The number of nitrogens with one attached hydrogen (secondary N) is 1. The number of aliphatic carboxylic acids is 1. The van der Waals surface area contributed by atoms with E-state index in [1.807, 2.05) is 0 Å². The minimum atomic E-state index is -1.00. The number of hydrogen-bond acceptors (Lipinski definition) is 5. The standard InChI is InChI=1S/C6H9N3O2S/c1-6(2,4(10)11)8-5-9-7-3-12-5/h3H,1-2H3,(H,8,9)(H,10,11). The summed E-state index contributed by atoms with van der Waals surface area (Å²) in [5.74, 6) is -0.919. The topological polar surface area (TPSA) is 75.1 Å². The van der Waals surface area contributed by atoms with Crippen LogP contribution in [0.2, 0.25) is 0 Å². The molecule has 1 heterocycles. The lowest BCUT2D eigenvalue weighted by atomic mass is 10.1. The second-order valence-corrected chi connectivity index (χ2v) is 3.63. The average Bonchev–Trinajstić information content (AvgIpc) is 2.38. The lowest BCUT2D eigenvalue weighted by Gasteiger charge is -2.19. The summed E-state index contributed by atoms with van der Waals surface area (Å²) >= 11 is 1.27. The molecule has 0 aliphatic rings. The first-order valence-corrected chi connectivity index (χ1v) is 4.18. The number of anilines is 1. The molecule has 2 N–H and O–H groups in total. The molecule has 0 unspecified atom stereocenters. The number of rotatable bonds is 3. The van der Waals surface area contributed by atoms with Crippen LogP contribution in [0.4, 0.5) is 5.13 Å². The van der Waals surface area contributed by atoms with Crippen molar-refractivity contribution in [2.45, 2.75) is 19.4 Å². The van der Waals surface area contributed by atoms with E-state index in [9.17, 15) is 4.79 Å². The minimum absolute atomic E-state index is 0.516. The van der Waals surface area contributed by atoms with Crippen LogP contribution in [0.15, 0.2) is 5.51 Å². The fourth-order valence-electron chi connectivity index (χ4n) is 0.548. The van der Waals surface area contributed by atoms with E-state index in [4.69, 9.17) is 5.11 Å². The maximum atomic E-state index is 10.6. The van der Waals surface area contributed by atoms with E-state index in [0.717, 1.165) is 0 Å². The summed E-state index contributed by atoms with van der Waals surface area (Å²) in [6, 6.07) is 0. The number of carboxylic acid groups (broad SMARTS) is 1. The quantitative estimate of drug-likeness (QED) is 0.732. The predicted molar refractivity (Wildman–Crippen MR) is 45.2 cm³/mol. The molecule has 1 rings (SSSR count). The molecule has 0 aliphatic heterocycles. The van der Waals surface area contributed by atoms with Crippen molar-refractivity contribution in [1.29, 1.82) is 0 Å². The zero-order valence-electron chi connectivity index (χ0n) is 6.74. The van der Waals surface area contributed by atoms with Crippen LogP contribution in [0.3, 0.4) is 0 Å². The zero-order chi connectivity index (χ0) is 9.19. The van der Waals surface area contributed by atoms with Crippen molar-refractivity contribution < 1.29 is 9.90 Å². The Kier molecular flexibility index (Phi) is 2.27. The van der Waals surface area contributed by atoms with Crippen molar-refractivity contribution >= 4 is 22.4 Å². The van der Waals surface area contributed by atoms with Gasteiger partial charge in [0, 0.05) is 0 Å². The molecule has 5 nitrogen and oxygen atoms in total. The van der Waals surface area contributed by atoms with Gasteiger partial charge < -0.3 is 10.4 Å². The van der Waals surface area contributed by atoms with Gasteiger partial charge in [-0.2, -0.15) is 0 Å². The molecule has 0 fully saturated rings. The van der Waals surface area contributed by atoms with Gasteiger partial charge in [-0.1, -0.05) is 11.3 Å². The molecule has 0 spiro atoms. The monoisotopic (exact) mass is 187 g/mol. The highest BCUT2D eigenvalue weighted by atomic mass is 32.1. The minimum Gasteiger partial charge on any atom is -0.480 e. The second-order valence-electron chi connectivity index (χ2n) is 2.80. The van der Waals surface area contributed by atoms with Crippen LogP contribution in [-0.2, 0) is 4.79 Å². The number of carboxylic acids is 1. The maximum Gasteiger partial charge on any atom is 0.328 e. The van der Waals surface area contributed by atoms with Crippen LogP contribution in [0.25, 0.3) is 0 Å². The van der Waals surface area contributed by atoms with Gasteiger partial charge in [0.1, 0.15) is 11.0 Å². The molecule has 0 radical (unpaired) electrons. The van der Waals surface area contributed by atoms with Crippen molar-refractivity contribution in [1.82, 2.24) is 10.2 Å². The summed E-state index contributed by atoms with van der Waals surface area (Å²) in [5.41, 5.74) is 0.541. The van der Waals surface area contributed by atoms with Gasteiger partial charge in [0.15, 0.2) is 0 Å². The van der Waals surface area contributed by atoms with Crippen LogP contribution in [0.1, 0.15) is 13.8 Å². The Bertz CT molecular complexity index is 270. The van der Waals surface area contributed by atoms with Crippen LogP contribution < -0.4 is 5.32 Å².